The first kappa shape index (κ1) is 12.2. The molecule has 2 unspecified atom stereocenters. The topological polar surface area (TPSA) is 29.5 Å². The lowest BCUT2D eigenvalue weighted by atomic mass is 9.84. The summed E-state index contributed by atoms with van der Waals surface area (Å²) in [5.41, 5.74) is 0. The highest BCUT2D eigenvalue weighted by Crippen LogP contribution is 2.26. The summed E-state index contributed by atoms with van der Waals surface area (Å²) >= 11 is 0. The van der Waals surface area contributed by atoms with E-state index in [0.29, 0.717) is 18.4 Å². The Morgan fingerprint density at radius 2 is 2.27 bits per heavy atom. The first-order chi connectivity index (χ1) is 7.10. The second kappa shape index (κ2) is 5.31. The first-order valence-electron chi connectivity index (χ1n) is 5.54. The van der Waals surface area contributed by atoms with Gasteiger partial charge in [-0.15, -0.1) is 0 Å². The summed E-state index contributed by atoms with van der Waals surface area (Å²) < 4.78 is 5.46. The van der Waals surface area contributed by atoms with E-state index >= 15 is 0 Å². The van der Waals surface area contributed by atoms with Gasteiger partial charge in [-0.1, -0.05) is 20.4 Å². The van der Waals surface area contributed by atoms with Gasteiger partial charge >= 0.3 is 0 Å². The molecule has 15 heavy (non-hydrogen) atoms. The number of carbonyl (C=O) groups excluding carboxylic acids is 1. The van der Waals surface area contributed by atoms with Crippen LogP contribution in [0.1, 0.15) is 20.3 Å². The van der Waals surface area contributed by atoms with Gasteiger partial charge in [0.1, 0.15) is 0 Å². The van der Waals surface area contributed by atoms with Crippen molar-refractivity contribution in [2.45, 2.75) is 26.4 Å². The molecule has 1 amide bonds. The molecule has 3 nitrogen and oxygen atoms in total. The van der Waals surface area contributed by atoms with Crippen molar-refractivity contribution in [1.29, 1.82) is 0 Å². The van der Waals surface area contributed by atoms with Gasteiger partial charge in [-0.25, -0.2) is 0 Å². The van der Waals surface area contributed by atoms with Gasteiger partial charge in [0.15, 0.2) is 0 Å². The highest BCUT2D eigenvalue weighted by molar-refractivity contribution is 5.87. The minimum atomic E-state index is 0.0132. The van der Waals surface area contributed by atoms with E-state index in [9.17, 15) is 4.79 Å². The number of nitrogens with zero attached hydrogens (tertiary/aromatic N) is 1. The van der Waals surface area contributed by atoms with Crippen molar-refractivity contribution in [3.05, 3.63) is 12.7 Å². The summed E-state index contributed by atoms with van der Waals surface area (Å²) in [6.07, 6.45) is 2.57. The molecule has 0 aromatic rings. The molecule has 0 aromatic heterocycles. The predicted molar refractivity (Wildman–Crippen MR) is 60.5 cm³/mol. The first-order valence-corrected chi connectivity index (χ1v) is 5.54. The second-order valence-electron chi connectivity index (χ2n) is 4.46. The number of piperidine rings is 1. The lowest BCUT2D eigenvalue weighted by Crippen LogP contribution is -2.48. The average molecular weight is 211 g/mol. The molecule has 0 aliphatic carbocycles. The fourth-order valence-corrected chi connectivity index (χ4v) is 2.28. The van der Waals surface area contributed by atoms with Gasteiger partial charge < -0.3 is 9.64 Å². The fraction of sp³-hybridized carbons (Fsp3) is 0.750. The van der Waals surface area contributed by atoms with Gasteiger partial charge in [0, 0.05) is 20.2 Å². The van der Waals surface area contributed by atoms with Crippen LogP contribution >= 0.6 is 0 Å². The Hall–Kier alpha value is -0.830. The summed E-state index contributed by atoms with van der Waals surface area (Å²) in [6.45, 7) is 9.45. The molecule has 0 bridgehead atoms. The zero-order chi connectivity index (χ0) is 11.4. The Labute approximate surface area is 92.1 Å². The van der Waals surface area contributed by atoms with E-state index < -0.39 is 0 Å². The number of ether oxygens (including phenoxy) is 1. The molecule has 0 spiro atoms. The van der Waals surface area contributed by atoms with E-state index in [2.05, 4.69) is 20.4 Å². The van der Waals surface area contributed by atoms with Crippen molar-refractivity contribution in [2.24, 2.45) is 11.8 Å². The van der Waals surface area contributed by atoms with E-state index in [1.807, 2.05) is 4.90 Å². The molecule has 1 rings (SSSR count). The number of likely N-dealkylation sites (tertiary alicyclic amines) is 1. The number of methoxy groups -OCH3 is 1. The Kier molecular flexibility index (Phi) is 4.33. The van der Waals surface area contributed by atoms with Gasteiger partial charge in [-0.05, 0) is 24.3 Å². The lowest BCUT2D eigenvalue weighted by Gasteiger charge is -2.39. The van der Waals surface area contributed by atoms with Crippen molar-refractivity contribution < 1.29 is 9.53 Å². The van der Waals surface area contributed by atoms with Crippen LogP contribution in [0, 0.1) is 11.8 Å². The van der Waals surface area contributed by atoms with Crippen LogP contribution in [0.25, 0.3) is 0 Å². The summed E-state index contributed by atoms with van der Waals surface area (Å²) in [6, 6.07) is 0. The third-order valence-electron chi connectivity index (χ3n) is 3.26. The van der Waals surface area contributed by atoms with Crippen LogP contribution in [-0.2, 0) is 9.53 Å². The van der Waals surface area contributed by atoms with Crippen molar-refractivity contribution in [2.75, 3.05) is 20.2 Å². The largest absolute Gasteiger partial charge is 0.379 e. The quantitative estimate of drug-likeness (QED) is 0.665. The van der Waals surface area contributed by atoms with Gasteiger partial charge in [-0.2, -0.15) is 0 Å². The third-order valence-corrected chi connectivity index (χ3v) is 3.26. The molecule has 1 saturated heterocycles. The highest BCUT2D eigenvalue weighted by atomic mass is 16.5. The SMILES string of the molecule is C=CC(=O)N1CCC(C(C)C)C(OC)C1. The van der Waals surface area contributed by atoms with E-state index in [1.54, 1.807) is 7.11 Å². The molecule has 2 atom stereocenters. The fourth-order valence-electron chi connectivity index (χ4n) is 2.28. The van der Waals surface area contributed by atoms with Gasteiger partial charge in [0.05, 0.1) is 6.10 Å². The molecule has 86 valence electrons. The van der Waals surface area contributed by atoms with Gasteiger partial charge in [0.2, 0.25) is 5.91 Å². The zero-order valence-corrected chi connectivity index (χ0v) is 9.90. The molecule has 1 aliphatic rings. The number of hydrogen-bond acceptors (Lipinski definition) is 2. The minimum Gasteiger partial charge on any atom is -0.379 e. The monoisotopic (exact) mass is 211 g/mol. The van der Waals surface area contributed by atoms with Crippen molar-refractivity contribution in [1.82, 2.24) is 4.90 Å². The van der Waals surface area contributed by atoms with Gasteiger partial charge in [-0.3, -0.25) is 4.79 Å². The maximum absolute atomic E-state index is 11.5. The van der Waals surface area contributed by atoms with Crippen LogP contribution in [0.4, 0.5) is 0 Å². The van der Waals surface area contributed by atoms with Crippen LogP contribution in [0.15, 0.2) is 12.7 Å². The molecule has 0 saturated carbocycles. The maximum Gasteiger partial charge on any atom is 0.246 e. The number of rotatable bonds is 3. The Morgan fingerprint density at radius 3 is 2.73 bits per heavy atom. The Morgan fingerprint density at radius 1 is 1.60 bits per heavy atom. The van der Waals surface area contributed by atoms with Crippen LogP contribution in [0.2, 0.25) is 0 Å². The average Bonchev–Trinajstić information content (AvgIpc) is 2.26. The summed E-state index contributed by atoms with van der Waals surface area (Å²) in [7, 11) is 1.72. The predicted octanol–water partition coefficient (Wildman–Crippen LogP) is 1.69. The van der Waals surface area contributed by atoms with Crippen LogP contribution in [0.5, 0.6) is 0 Å². The molecule has 0 radical (unpaired) electrons. The lowest BCUT2D eigenvalue weighted by molar-refractivity contribution is -0.132. The van der Waals surface area contributed by atoms with E-state index in [1.165, 1.54) is 6.08 Å². The van der Waals surface area contributed by atoms with Crippen LogP contribution in [0.3, 0.4) is 0 Å². The number of amides is 1. The summed E-state index contributed by atoms with van der Waals surface area (Å²) in [4.78, 5) is 13.3. The van der Waals surface area contributed by atoms with E-state index in [-0.39, 0.29) is 12.0 Å². The van der Waals surface area contributed by atoms with Crippen LogP contribution < -0.4 is 0 Å². The maximum atomic E-state index is 11.5. The standard InChI is InChI=1S/C12H21NO2/c1-5-12(14)13-7-6-10(9(2)3)11(8-13)15-4/h5,9-11H,1,6-8H2,2-4H3. The smallest absolute Gasteiger partial charge is 0.246 e. The van der Waals surface area contributed by atoms with Crippen molar-refractivity contribution in [3.63, 3.8) is 0 Å². The van der Waals surface area contributed by atoms with Gasteiger partial charge in [0.25, 0.3) is 0 Å². The highest BCUT2D eigenvalue weighted by Gasteiger charge is 2.32. The molecule has 0 aromatic carbocycles. The van der Waals surface area contributed by atoms with E-state index in [0.717, 1.165) is 13.0 Å². The summed E-state index contributed by atoms with van der Waals surface area (Å²) in [5.74, 6) is 1.18. The zero-order valence-electron chi connectivity index (χ0n) is 9.90. The van der Waals surface area contributed by atoms with Crippen molar-refractivity contribution in [3.8, 4) is 0 Å². The Balaban J connectivity index is 2.62. The molecular weight excluding hydrogens is 190 g/mol. The number of carbonyl (C=O) groups is 1. The Bertz CT molecular complexity index is 238. The molecule has 0 N–H and O–H groups in total. The minimum absolute atomic E-state index is 0.0132. The van der Waals surface area contributed by atoms with Crippen LogP contribution in [-0.4, -0.2) is 37.1 Å². The normalized spacial score (nSPS) is 26.8. The van der Waals surface area contributed by atoms with E-state index in [4.69, 9.17) is 4.74 Å². The molecule has 3 heteroatoms. The molecular formula is C12H21NO2. The molecule has 1 aliphatic heterocycles. The van der Waals surface area contributed by atoms with Crippen molar-refractivity contribution >= 4 is 5.91 Å². The number of hydrogen-bond donors (Lipinski definition) is 0. The summed E-state index contributed by atoms with van der Waals surface area (Å²) in [5, 5.41) is 0. The second-order valence-corrected chi connectivity index (χ2v) is 4.46. The third kappa shape index (κ3) is 2.81. The molecule has 1 fully saturated rings. The molecule has 1 heterocycles.